The summed E-state index contributed by atoms with van der Waals surface area (Å²) in [6, 6.07) is 3.10. The fourth-order valence-electron chi connectivity index (χ4n) is 2.80. The second kappa shape index (κ2) is 8.52. The third-order valence-electron chi connectivity index (χ3n) is 4.08. The van der Waals surface area contributed by atoms with Crippen LogP contribution in [0.15, 0.2) is 23.3 Å². The van der Waals surface area contributed by atoms with E-state index in [0.29, 0.717) is 0 Å². The Morgan fingerprint density at radius 3 is 2.52 bits per heavy atom. The van der Waals surface area contributed by atoms with Crippen molar-refractivity contribution in [2.45, 2.75) is 34.7 Å². The van der Waals surface area contributed by atoms with Gasteiger partial charge in [0.1, 0.15) is 24.0 Å². The lowest BCUT2D eigenvalue weighted by atomic mass is 10.1. The van der Waals surface area contributed by atoms with E-state index >= 15 is 0 Å². The molecule has 2 heterocycles. The molecule has 12 nitrogen and oxygen atoms in total. The lowest BCUT2D eigenvalue weighted by molar-refractivity contribution is -0.393. The smallest absolute Gasteiger partial charge is 0.301 e. The summed E-state index contributed by atoms with van der Waals surface area (Å²) in [5, 5.41) is 25.8. The molecule has 0 bridgehead atoms. The van der Waals surface area contributed by atoms with Crippen LogP contribution in [0.4, 0.5) is 17.1 Å². The Bertz CT molecular complexity index is 836. The second-order valence-corrected chi connectivity index (χ2v) is 8.25. The van der Waals surface area contributed by atoms with Crippen LogP contribution >= 0.6 is 34.8 Å². The molecule has 2 fully saturated rings. The molecule has 5 atom stereocenters. The molecule has 3 rings (SSSR count). The first-order valence-electron chi connectivity index (χ1n) is 7.89. The summed E-state index contributed by atoms with van der Waals surface area (Å²) in [4.78, 5) is 20.4. The van der Waals surface area contributed by atoms with Gasteiger partial charge in [0.05, 0.1) is 22.1 Å². The molecule has 0 radical (unpaired) electrons. The van der Waals surface area contributed by atoms with E-state index in [-0.39, 0.29) is 5.69 Å². The van der Waals surface area contributed by atoms with E-state index in [2.05, 4.69) is 10.5 Å². The van der Waals surface area contributed by atoms with E-state index in [1.165, 1.54) is 19.4 Å². The molecule has 0 unspecified atom stereocenters. The molecule has 0 saturated carbocycles. The number of benzene rings is 1. The number of hydrogen-bond donors (Lipinski definition) is 1. The first kappa shape index (κ1) is 21.9. The minimum atomic E-state index is -1.81. The molecule has 0 aromatic heterocycles. The van der Waals surface area contributed by atoms with Crippen molar-refractivity contribution in [1.29, 1.82) is 0 Å². The van der Waals surface area contributed by atoms with Crippen molar-refractivity contribution in [3.63, 3.8) is 0 Å². The molecule has 29 heavy (non-hydrogen) atoms. The number of anilines is 1. The van der Waals surface area contributed by atoms with Crippen LogP contribution in [0.1, 0.15) is 0 Å². The zero-order chi connectivity index (χ0) is 21.3. The van der Waals surface area contributed by atoms with Crippen LogP contribution in [0.5, 0.6) is 0 Å². The lowest BCUT2D eigenvalue weighted by Crippen LogP contribution is -2.37. The number of halogens is 3. The number of nitrogens with zero attached hydrogens (tertiary/aromatic N) is 3. The third kappa shape index (κ3) is 4.69. The predicted molar refractivity (Wildman–Crippen MR) is 101 cm³/mol. The molecule has 1 aromatic rings. The molecular weight excluding hydrogens is 459 g/mol. The molecule has 0 aliphatic carbocycles. The number of nitro benzene ring substituents is 2. The van der Waals surface area contributed by atoms with Crippen molar-refractivity contribution in [3.05, 3.63) is 38.4 Å². The van der Waals surface area contributed by atoms with Crippen LogP contribution < -0.4 is 5.43 Å². The number of nitro groups is 2. The number of rotatable bonds is 6. The highest BCUT2D eigenvalue weighted by Gasteiger charge is 2.56. The number of methoxy groups -OCH3 is 1. The van der Waals surface area contributed by atoms with Crippen LogP contribution in [-0.2, 0) is 18.9 Å². The summed E-state index contributed by atoms with van der Waals surface area (Å²) < 4.78 is 20.1. The van der Waals surface area contributed by atoms with Gasteiger partial charge in [-0.1, -0.05) is 34.8 Å². The number of non-ortho nitro benzene ring substituents is 1. The van der Waals surface area contributed by atoms with Crippen molar-refractivity contribution < 1.29 is 28.8 Å². The van der Waals surface area contributed by atoms with Crippen molar-refractivity contribution in [3.8, 4) is 0 Å². The van der Waals surface area contributed by atoms with Crippen LogP contribution in [0.3, 0.4) is 0 Å². The molecule has 1 N–H and O–H groups in total. The zero-order valence-electron chi connectivity index (χ0n) is 14.4. The second-order valence-electron chi connectivity index (χ2n) is 5.89. The Balaban J connectivity index is 1.69. The van der Waals surface area contributed by atoms with E-state index in [9.17, 15) is 20.2 Å². The standard InChI is InChI=1S/C14H13Cl3N4O8/c1-26-10-9(27-12-11(10)28-13(29-12)14(15,16)17)5-18-19-7-3-2-6(20(22)23)4-8(7)21(24)25/h2-5,9-13,19H,1H3/b18-5+/t9-,10+,11+,12+,13-/m1/s1. The average molecular weight is 472 g/mol. The van der Waals surface area contributed by atoms with Gasteiger partial charge in [-0.25, -0.2) is 0 Å². The van der Waals surface area contributed by atoms with Gasteiger partial charge in [0.2, 0.25) is 10.1 Å². The topological polar surface area (TPSA) is 148 Å². The fraction of sp³-hybridized carbons (Fsp3) is 0.500. The number of hydrogen-bond acceptors (Lipinski definition) is 10. The normalized spacial score (nSPS) is 29.2. The highest BCUT2D eigenvalue weighted by molar-refractivity contribution is 6.67. The van der Waals surface area contributed by atoms with Crippen molar-refractivity contribution in [2.24, 2.45) is 5.10 Å². The quantitative estimate of drug-likeness (QED) is 0.286. The predicted octanol–water partition coefficient (Wildman–Crippen LogP) is 2.75. The van der Waals surface area contributed by atoms with Crippen LogP contribution in [0, 0.1) is 20.2 Å². The average Bonchev–Trinajstić information content (AvgIpc) is 3.18. The van der Waals surface area contributed by atoms with Crippen LogP contribution in [0.2, 0.25) is 0 Å². The molecule has 1 aromatic carbocycles. The van der Waals surface area contributed by atoms with Crippen molar-refractivity contribution in [1.82, 2.24) is 0 Å². The number of alkyl halides is 3. The summed E-state index contributed by atoms with van der Waals surface area (Å²) in [5.41, 5.74) is 1.47. The van der Waals surface area contributed by atoms with Crippen molar-refractivity contribution in [2.75, 3.05) is 12.5 Å². The van der Waals surface area contributed by atoms with Crippen LogP contribution in [0.25, 0.3) is 0 Å². The van der Waals surface area contributed by atoms with Gasteiger partial charge in [0, 0.05) is 13.2 Å². The molecule has 0 spiro atoms. The molecule has 158 valence electrons. The molecule has 2 saturated heterocycles. The SMILES string of the molecule is CO[C@@H]1[C@@H]2O[C@@H](C(Cl)(Cl)Cl)O[C@@H]2O[C@@H]1/C=N/Nc1ccc([N+](=O)[O-])cc1[N+](=O)[O-]. The van der Waals surface area contributed by atoms with Crippen molar-refractivity contribution >= 4 is 58.1 Å². The van der Waals surface area contributed by atoms with Gasteiger partial charge >= 0.3 is 5.69 Å². The zero-order valence-corrected chi connectivity index (χ0v) is 16.7. The van der Waals surface area contributed by atoms with Gasteiger partial charge in [-0.2, -0.15) is 5.10 Å². The number of hydrazone groups is 1. The first-order chi connectivity index (χ1) is 13.6. The molecule has 2 aliphatic heterocycles. The van der Waals surface area contributed by atoms with E-state index < -0.39 is 55.9 Å². The summed E-state index contributed by atoms with van der Waals surface area (Å²) in [7, 11) is 1.41. The molecule has 15 heteroatoms. The molecule has 0 amide bonds. The minimum Gasteiger partial charge on any atom is -0.375 e. The van der Waals surface area contributed by atoms with E-state index in [1.54, 1.807) is 0 Å². The Morgan fingerprint density at radius 1 is 1.21 bits per heavy atom. The van der Waals surface area contributed by atoms with Gasteiger partial charge in [-0.15, -0.1) is 0 Å². The lowest BCUT2D eigenvalue weighted by Gasteiger charge is -2.22. The fourth-order valence-corrected chi connectivity index (χ4v) is 3.11. The van der Waals surface area contributed by atoms with Gasteiger partial charge in [-0.05, 0) is 6.07 Å². The summed E-state index contributed by atoms with van der Waals surface area (Å²) in [5.74, 6) is 0. The molecule has 2 aliphatic rings. The third-order valence-corrected chi connectivity index (χ3v) is 4.61. The number of ether oxygens (including phenoxy) is 4. The van der Waals surface area contributed by atoms with Gasteiger partial charge in [0.25, 0.3) is 5.69 Å². The monoisotopic (exact) mass is 470 g/mol. The Morgan fingerprint density at radius 2 is 1.93 bits per heavy atom. The number of nitrogens with one attached hydrogen (secondary N) is 1. The Hall–Kier alpha value is -1.80. The van der Waals surface area contributed by atoms with E-state index in [1.807, 2.05) is 0 Å². The largest absolute Gasteiger partial charge is 0.375 e. The van der Waals surface area contributed by atoms with Crippen LogP contribution in [-0.4, -0.2) is 57.9 Å². The minimum absolute atomic E-state index is 0.0484. The van der Waals surface area contributed by atoms with Gasteiger partial charge in [-0.3, -0.25) is 25.7 Å². The highest BCUT2D eigenvalue weighted by Crippen LogP contribution is 2.42. The first-order valence-corrected chi connectivity index (χ1v) is 9.03. The Labute approximate surface area is 177 Å². The maximum Gasteiger partial charge on any atom is 0.301 e. The summed E-state index contributed by atoms with van der Waals surface area (Å²) in [6.45, 7) is 0. The highest BCUT2D eigenvalue weighted by atomic mass is 35.6. The van der Waals surface area contributed by atoms with Gasteiger partial charge in [0.15, 0.2) is 6.29 Å². The Kier molecular flexibility index (Phi) is 6.43. The summed E-state index contributed by atoms with van der Waals surface area (Å²) >= 11 is 17.3. The summed E-state index contributed by atoms with van der Waals surface area (Å²) in [6.07, 6.45) is -2.81. The van der Waals surface area contributed by atoms with E-state index in [0.717, 1.165) is 12.1 Å². The number of fused-ring (bicyclic) bond motifs is 1. The maximum atomic E-state index is 11.1. The van der Waals surface area contributed by atoms with E-state index in [4.69, 9.17) is 53.8 Å². The van der Waals surface area contributed by atoms with Gasteiger partial charge < -0.3 is 18.9 Å². The molecular formula is C14H13Cl3N4O8. The maximum absolute atomic E-state index is 11.1.